The Labute approximate surface area is 121 Å². The summed E-state index contributed by atoms with van der Waals surface area (Å²) in [6.07, 6.45) is 2.60. The SMILES string of the molecule is COCCOc1cc(CNC2CC2)cc(C(C)(C)C)n1. The van der Waals surface area contributed by atoms with Gasteiger partial charge in [0.1, 0.15) is 6.61 Å². The van der Waals surface area contributed by atoms with Crippen molar-refractivity contribution in [3.05, 3.63) is 23.4 Å². The number of nitrogens with zero attached hydrogens (tertiary/aromatic N) is 1. The van der Waals surface area contributed by atoms with Crippen molar-refractivity contribution in [2.24, 2.45) is 0 Å². The molecule has 0 aromatic carbocycles. The predicted molar refractivity (Wildman–Crippen MR) is 80.2 cm³/mol. The van der Waals surface area contributed by atoms with Crippen LogP contribution >= 0.6 is 0 Å². The van der Waals surface area contributed by atoms with E-state index >= 15 is 0 Å². The number of methoxy groups -OCH3 is 1. The molecule has 4 heteroatoms. The van der Waals surface area contributed by atoms with Crippen LogP contribution in [0.4, 0.5) is 0 Å². The van der Waals surface area contributed by atoms with Crippen LogP contribution in [-0.4, -0.2) is 31.3 Å². The molecular formula is C16H26N2O2. The van der Waals surface area contributed by atoms with Gasteiger partial charge in [-0.1, -0.05) is 20.8 Å². The molecule has 1 aromatic rings. The van der Waals surface area contributed by atoms with Crippen LogP contribution in [0, 0.1) is 0 Å². The normalized spacial score (nSPS) is 15.4. The second kappa shape index (κ2) is 6.55. The van der Waals surface area contributed by atoms with Crippen LogP contribution in [0.1, 0.15) is 44.9 Å². The smallest absolute Gasteiger partial charge is 0.213 e. The van der Waals surface area contributed by atoms with Crippen LogP contribution in [-0.2, 0) is 16.7 Å². The molecule has 4 nitrogen and oxygen atoms in total. The molecule has 0 atom stereocenters. The molecule has 1 N–H and O–H groups in total. The second-order valence-electron chi connectivity index (χ2n) is 6.45. The Bertz CT molecular complexity index is 437. The number of hydrogen-bond donors (Lipinski definition) is 1. The average Bonchev–Trinajstić information content (AvgIpc) is 3.19. The van der Waals surface area contributed by atoms with E-state index in [0.717, 1.165) is 12.2 Å². The monoisotopic (exact) mass is 278 g/mol. The third-order valence-corrected chi connectivity index (χ3v) is 3.34. The minimum atomic E-state index is 0.0228. The highest BCUT2D eigenvalue weighted by Gasteiger charge is 2.21. The Morgan fingerprint density at radius 2 is 2.00 bits per heavy atom. The molecule has 0 amide bonds. The highest BCUT2D eigenvalue weighted by molar-refractivity contribution is 5.28. The highest BCUT2D eigenvalue weighted by Crippen LogP contribution is 2.25. The van der Waals surface area contributed by atoms with Gasteiger partial charge in [-0.15, -0.1) is 0 Å². The maximum Gasteiger partial charge on any atom is 0.213 e. The Morgan fingerprint density at radius 3 is 2.60 bits per heavy atom. The van der Waals surface area contributed by atoms with Crippen molar-refractivity contribution in [2.45, 2.75) is 51.6 Å². The Morgan fingerprint density at radius 1 is 1.25 bits per heavy atom. The fraction of sp³-hybridized carbons (Fsp3) is 0.688. The van der Waals surface area contributed by atoms with Crippen LogP contribution in [0.5, 0.6) is 5.88 Å². The lowest BCUT2D eigenvalue weighted by Crippen LogP contribution is -2.19. The zero-order valence-electron chi connectivity index (χ0n) is 13.0. The summed E-state index contributed by atoms with van der Waals surface area (Å²) in [6, 6.07) is 4.91. The number of nitrogens with one attached hydrogen (secondary N) is 1. The number of aromatic nitrogens is 1. The van der Waals surface area contributed by atoms with Crippen LogP contribution in [0.25, 0.3) is 0 Å². The van der Waals surface area contributed by atoms with Crippen LogP contribution in [0.3, 0.4) is 0 Å². The Balaban J connectivity index is 2.09. The van der Waals surface area contributed by atoms with Gasteiger partial charge in [0.25, 0.3) is 0 Å². The van der Waals surface area contributed by atoms with E-state index in [4.69, 9.17) is 9.47 Å². The fourth-order valence-electron chi connectivity index (χ4n) is 1.90. The van der Waals surface area contributed by atoms with E-state index in [0.29, 0.717) is 25.1 Å². The summed E-state index contributed by atoms with van der Waals surface area (Å²) in [5.74, 6) is 0.696. The largest absolute Gasteiger partial charge is 0.475 e. The van der Waals surface area contributed by atoms with Crippen molar-refractivity contribution in [1.82, 2.24) is 10.3 Å². The molecule has 1 aromatic heterocycles. The van der Waals surface area contributed by atoms with Gasteiger partial charge in [-0.25, -0.2) is 4.98 Å². The molecule has 0 aliphatic heterocycles. The van der Waals surface area contributed by atoms with Gasteiger partial charge in [0, 0.05) is 31.2 Å². The molecule has 2 rings (SSSR count). The van der Waals surface area contributed by atoms with E-state index in [9.17, 15) is 0 Å². The molecule has 1 saturated carbocycles. The summed E-state index contributed by atoms with van der Waals surface area (Å²) < 4.78 is 10.7. The molecule has 1 fully saturated rings. The van der Waals surface area contributed by atoms with Gasteiger partial charge in [0.15, 0.2) is 0 Å². The van der Waals surface area contributed by atoms with Gasteiger partial charge in [-0.2, -0.15) is 0 Å². The lowest BCUT2D eigenvalue weighted by molar-refractivity contribution is 0.143. The number of ether oxygens (including phenoxy) is 2. The van der Waals surface area contributed by atoms with Gasteiger partial charge in [0.05, 0.1) is 12.3 Å². The van der Waals surface area contributed by atoms with E-state index in [-0.39, 0.29) is 5.41 Å². The van der Waals surface area contributed by atoms with Crippen LogP contribution in [0.2, 0.25) is 0 Å². The lowest BCUT2D eigenvalue weighted by Gasteiger charge is -2.20. The first-order valence-corrected chi connectivity index (χ1v) is 7.35. The first-order chi connectivity index (χ1) is 9.49. The summed E-state index contributed by atoms with van der Waals surface area (Å²) in [5.41, 5.74) is 2.33. The summed E-state index contributed by atoms with van der Waals surface area (Å²) in [7, 11) is 1.67. The molecule has 1 heterocycles. The predicted octanol–water partition coefficient (Wildman–Crippen LogP) is 2.66. The van der Waals surface area contributed by atoms with Crippen molar-refractivity contribution >= 4 is 0 Å². The number of rotatable bonds is 7. The van der Waals surface area contributed by atoms with Crippen molar-refractivity contribution in [3.63, 3.8) is 0 Å². The van der Waals surface area contributed by atoms with E-state index < -0.39 is 0 Å². The molecule has 112 valence electrons. The lowest BCUT2D eigenvalue weighted by atomic mass is 9.91. The van der Waals surface area contributed by atoms with Gasteiger partial charge >= 0.3 is 0 Å². The Hall–Kier alpha value is -1.13. The van der Waals surface area contributed by atoms with Gasteiger partial charge in [-0.3, -0.25) is 0 Å². The fourth-order valence-corrected chi connectivity index (χ4v) is 1.90. The van der Waals surface area contributed by atoms with E-state index in [2.05, 4.69) is 37.1 Å². The molecule has 20 heavy (non-hydrogen) atoms. The van der Waals surface area contributed by atoms with E-state index in [1.54, 1.807) is 7.11 Å². The number of hydrogen-bond acceptors (Lipinski definition) is 4. The quantitative estimate of drug-likeness (QED) is 0.779. The maximum atomic E-state index is 5.68. The molecule has 0 radical (unpaired) electrons. The van der Waals surface area contributed by atoms with E-state index in [1.807, 2.05) is 6.07 Å². The second-order valence-corrected chi connectivity index (χ2v) is 6.45. The van der Waals surface area contributed by atoms with Gasteiger partial charge in [-0.05, 0) is 24.5 Å². The minimum absolute atomic E-state index is 0.0228. The van der Waals surface area contributed by atoms with Gasteiger partial charge < -0.3 is 14.8 Å². The van der Waals surface area contributed by atoms with Crippen LogP contribution < -0.4 is 10.1 Å². The molecule has 1 aliphatic carbocycles. The molecule has 0 spiro atoms. The van der Waals surface area contributed by atoms with Crippen molar-refractivity contribution in [1.29, 1.82) is 0 Å². The maximum absolute atomic E-state index is 5.68. The van der Waals surface area contributed by atoms with Crippen LogP contribution in [0.15, 0.2) is 12.1 Å². The average molecular weight is 278 g/mol. The third-order valence-electron chi connectivity index (χ3n) is 3.34. The molecule has 0 unspecified atom stereocenters. The third kappa shape index (κ3) is 4.76. The van der Waals surface area contributed by atoms with Gasteiger partial charge in [0.2, 0.25) is 5.88 Å². The highest BCUT2D eigenvalue weighted by atomic mass is 16.5. The summed E-state index contributed by atoms with van der Waals surface area (Å²) in [5, 5.41) is 3.54. The molecule has 0 saturated heterocycles. The number of pyridine rings is 1. The molecule has 0 bridgehead atoms. The minimum Gasteiger partial charge on any atom is -0.475 e. The first-order valence-electron chi connectivity index (χ1n) is 7.35. The first kappa shape index (κ1) is 15.3. The standard InChI is InChI=1S/C16H26N2O2/c1-16(2,3)14-9-12(11-17-13-5-6-13)10-15(18-14)20-8-7-19-4/h9-10,13,17H,5-8,11H2,1-4H3. The van der Waals surface area contributed by atoms with Crippen molar-refractivity contribution in [3.8, 4) is 5.88 Å². The zero-order chi connectivity index (χ0) is 14.6. The topological polar surface area (TPSA) is 43.4 Å². The summed E-state index contributed by atoms with van der Waals surface area (Å²) in [4.78, 5) is 4.61. The Kier molecular flexibility index (Phi) is 5.00. The molecule has 1 aliphatic rings. The summed E-state index contributed by atoms with van der Waals surface area (Å²) in [6.45, 7) is 8.52. The van der Waals surface area contributed by atoms with E-state index in [1.165, 1.54) is 18.4 Å². The zero-order valence-corrected chi connectivity index (χ0v) is 13.0. The van der Waals surface area contributed by atoms with Crippen molar-refractivity contribution < 1.29 is 9.47 Å². The summed E-state index contributed by atoms with van der Waals surface area (Å²) >= 11 is 0. The van der Waals surface area contributed by atoms with Crippen molar-refractivity contribution in [2.75, 3.05) is 20.3 Å². The molecular weight excluding hydrogens is 252 g/mol.